The molecule has 2 heterocycles. The first-order chi connectivity index (χ1) is 6.88. The molecule has 3 rings (SSSR count). The van der Waals surface area contributed by atoms with Crippen molar-refractivity contribution < 1.29 is 4.74 Å². The summed E-state index contributed by atoms with van der Waals surface area (Å²) in [5.41, 5.74) is 1.91. The number of rotatable bonds is 1. The van der Waals surface area contributed by atoms with Gasteiger partial charge in [-0.05, 0) is 12.2 Å². The Kier molecular flexibility index (Phi) is 1.67. The summed E-state index contributed by atoms with van der Waals surface area (Å²) in [7, 11) is 0. The highest BCUT2D eigenvalue weighted by Crippen LogP contribution is 2.35. The van der Waals surface area contributed by atoms with E-state index in [-0.39, 0.29) is 12.1 Å². The van der Waals surface area contributed by atoms with Gasteiger partial charge in [0.25, 0.3) is 0 Å². The lowest BCUT2D eigenvalue weighted by atomic mass is 10.0. The minimum absolute atomic E-state index is 0.0429. The molecule has 0 unspecified atom stereocenters. The summed E-state index contributed by atoms with van der Waals surface area (Å²) in [5, 5.41) is 0. The van der Waals surface area contributed by atoms with Crippen molar-refractivity contribution in [3.8, 4) is 0 Å². The van der Waals surface area contributed by atoms with Crippen LogP contribution in [0.25, 0.3) is 6.08 Å². The molecule has 4 nitrogen and oxygen atoms in total. The highest BCUT2D eigenvalue weighted by Gasteiger charge is 2.35. The van der Waals surface area contributed by atoms with Crippen LogP contribution >= 0.6 is 11.7 Å². The predicted octanol–water partition coefficient (Wildman–Crippen LogP) is 1.81. The zero-order chi connectivity index (χ0) is 9.54. The molecule has 2 aliphatic rings. The average molecular weight is 207 g/mol. The van der Waals surface area contributed by atoms with E-state index in [1.54, 1.807) is 0 Å². The molecule has 1 aromatic heterocycles. The van der Waals surface area contributed by atoms with Crippen molar-refractivity contribution in [2.75, 3.05) is 0 Å². The summed E-state index contributed by atoms with van der Waals surface area (Å²) in [6.45, 7) is 2.04. The molecular weight excluding hydrogens is 198 g/mol. The summed E-state index contributed by atoms with van der Waals surface area (Å²) in [6.07, 6.45) is 4.86. The zero-order valence-electron chi connectivity index (χ0n) is 7.67. The van der Waals surface area contributed by atoms with Crippen LogP contribution in [0.4, 0.5) is 0 Å². The van der Waals surface area contributed by atoms with Crippen molar-refractivity contribution in [3.05, 3.63) is 17.5 Å². The number of fused-ring (bicyclic) bond motifs is 3. The van der Waals surface area contributed by atoms with Gasteiger partial charge in [-0.3, -0.25) is 0 Å². The topological polar surface area (TPSA) is 47.4 Å². The first kappa shape index (κ1) is 8.11. The van der Waals surface area contributed by atoms with Crippen LogP contribution in [0.3, 0.4) is 0 Å². The molecule has 0 aromatic carbocycles. The summed E-state index contributed by atoms with van der Waals surface area (Å²) >= 11 is 1.24. The van der Waals surface area contributed by atoms with Crippen molar-refractivity contribution in [1.29, 1.82) is 0 Å². The van der Waals surface area contributed by atoms with Crippen LogP contribution in [0, 0.1) is 0 Å². The van der Waals surface area contributed by atoms with E-state index in [1.165, 1.54) is 11.7 Å². The lowest BCUT2D eigenvalue weighted by Crippen LogP contribution is -2.17. The van der Waals surface area contributed by atoms with Crippen LogP contribution in [0.2, 0.25) is 0 Å². The third kappa shape index (κ3) is 1.02. The molecule has 0 amide bonds. The summed E-state index contributed by atoms with van der Waals surface area (Å²) < 4.78 is 14.1. The van der Waals surface area contributed by atoms with Crippen molar-refractivity contribution in [2.24, 2.45) is 4.99 Å². The van der Waals surface area contributed by atoms with Crippen LogP contribution in [-0.2, 0) is 4.74 Å². The number of aliphatic imine (C=N–C) groups is 1. The quantitative estimate of drug-likeness (QED) is 0.705. The Balaban J connectivity index is 2.05. The molecule has 0 radical (unpaired) electrons. The number of hydrogen-bond donors (Lipinski definition) is 0. The van der Waals surface area contributed by atoms with Crippen LogP contribution < -0.4 is 0 Å². The molecule has 5 heteroatoms. The maximum absolute atomic E-state index is 5.64. The highest BCUT2D eigenvalue weighted by molar-refractivity contribution is 6.99. The Morgan fingerprint density at radius 2 is 2.43 bits per heavy atom. The predicted molar refractivity (Wildman–Crippen MR) is 54.3 cm³/mol. The highest BCUT2D eigenvalue weighted by atomic mass is 32.1. The SMILES string of the molecule is CCC1=N[C@@H]2c3nsnc3C=C[C@H]2O1. The van der Waals surface area contributed by atoms with Crippen LogP contribution in [0.1, 0.15) is 30.8 Å². The molecule has 0 saturated heterocycles. The smallest absolute Gasteiger partial charge is 0.184 e. The molecular formula is C9H9N3OS. The first-order valence-corrected chi connectivity index (χ1v) is 5.35. The molecule has 1 aliphatic heterocycles. The summed E-state index contributed by atoms with van der Waals surface area (Å²) in [4.78, 5) is 4.49. The number of ether oxygens (including phenoxy) is 1. The first-order valence-electron chi connectivity index (χ1n) is 4.62. The van der Waals surface area contributed by atoms with Gasteiger partial charge >= 0.3 is 0 Å². The number of nitrogens with zero attached hydrogens (tertiary/aromatic N) is 3. The Hall–Kier alpha value is -1.23. The normalized spacial score (nSPS) is 27.9. The molecule has 0 bridgehead atoms. The fourth-order valence-corrected chi connectivity index (χ4v) is 2.30. The Morgan fingerprint density at radius 1 is 1.50 bits per heavy atom. The average Bonchev–Trinajstić information content (AvgIpc) is 2.82. The Labute approximate surface area is 85.7 Å². The Bertz CT molecular complexity index is 423. The summed E-state index contributed by atoms with van der Waals surface area (Å²) in [5.74, 6) is 0.825. The van der Waals surface area contributed by atoms with Crippen molar-refractivity contribution in [1.82, 2.24) is 8.75 Å². The van der Waals surface area contributed by atoms with Crippen molar-refractivity contribution >= 4 is 23.7 Å². The molecule has 0 spiro atoms. The minimum atomic E-state index is 0.0429. The van der Waals surface area contributed by atoms with E-state index < -0.39 is 0 Å². The second kappa shape index (κ2) is 2.88. The van der Waals surface area contributed by atoms with E-state index in [0.29, 0.717) is 0 Å². The third-order valence-corrected chi connectivity index (χ3v) is 2.99. The van der Waals surface area contributed by atoms with Gasteiger partial charge < -0.3 is 4.74 Å². The van der Waals surface area contributed by atoms with Gasteiger partial charge in [-0.15, -0.1) is 0 Å². The largest absolute Gasteiger partial charge is 0.471 e. The molecule has 1 aliphatic carbocycles. The zero-order valence-corrected chi connectivity index (χ0v) is 8.49. The van der Waals surface area contributed by atoms with Crippen LogP contribution in [0.5, 0.6) is 0 Å². The fraction of sp³-hybridized carbons (Fsp3) is 0.444. The molecule has 0 N–H and O–H groups in total. The molecule has 14 heavy (non-hydrogen) atoms. The second-order valence-electron chi connectivity index (χ2n) is 3.30. The maximum atomic E-state index is 5.64. The van der Waals surface area contributed by atoms with Crippen molar-refractivity contribution in [2.45, 2.75) is 25.5 Å². The van der Waals surface area contributed by atoms with Gasteiger partial charge in [-0.25, -0.2) is 4.99 Å². The monoisotopic (exact) mass is 207 g/mol. The van der Waals surface area contributed by atoms with Gasteiger partial charge in [-0.1, -0.05) is 6.92 Å². The van der Waals surface area contributed by atoms with Crippen LogP contribution in [-0.4, -0.2) is 20.7 Å². The summed E-state index contributed by atoms with van der Waals surface area (Å²) in [6, 6.07) is 0.0451. The third-order valence-electron chi connectivity index (χ3n) is 2.43. The number of hydrogen-bond acceptors (Lipinski definition) is 5. The molecule has 1 aromatic rings. The Morgan fingerprint density at radius 3 is 3.29 bits per heavy atom. The van der Waals surface area contributed by atoms with Gasteiger partial charge in [0.05, 0.1) is 11.7 Å². The maximum Gasteiger partial charge on any atom is 0.184 e. The standard InChI is InChI=1S/C9H9N3OS/c1-2-7-10-9-6(13-7)4-3-5-8(9)12-14-11-5/h3-4,6,9H,2H2,1H3/t6-,9+/m1/s1. The van der Waals surface area contributed by atoms with Crippen LogP contribution in [0.15, 0.2) is 11.1 Å². The van der Waals surface area contributed by atoms with Gasteiger partial charge in [0.2, 0.25) is 0 Å². The second-order valence-corrected chi connectivity index (χ2v) is 3.83. The van der Waals surface area contributed by atoms with Gasteiger partial charge in [0.1, 0.15) is 23.5 Å². The van der Waals surface area contributed by atoms with Gasteiger partial charge in [-0.2, -0.15) is 8.75 Å². The van der Waals surface area contributed by atoms with E-state index in [4.69, 9.17) is 4.74 Å². The van der Waals surface area contributed by atoms with E-state index in [9.17, 15) is 0 Å². The van der Waals surface area contributed by atoms with Gasteiger partial charge in [0, 0.05) is 6.42 Å². The van der Waals surface area contributed by atoms with E-state index in [2.05, 4.69) is 13.7 Å². The van der Waals surface area contributed by atoms with Crippen molar-refractivity contribution in [3.63, 3.8) is 0 Å². The molecule has 0 saturated carbocycles. The molecule has 72 valence electrons. The van der Waals surface area contributed by atoms with E-state index >= 15 is 0 Å². The number of aromatic nitrogens is 2. The van der Waals surface area contributed by atoms with Gasteiger partial charge in [0.15, 0.2) is 5.90 Å². The van der Waals surface area contributed by atoms with E-state index in [0.717, 1.165) is 23.7 Å². The lowest BCUT2D eigenvalue weighted by molar-refractivity contribution is 0.235. The fourth-order valence-electron chi connectivity index (χ4n) is 1.73. The molecule has 2 atom stereocenters. The molecule has 0 fully saturated rings. The van der Waals surface area contributed by atoms with E-state index in [1.807, 2.05) is 19.1 Å². The minimum Gasteiger partial charge on any atom is -0.471 e. The lowest BCUT2D eigenvalue weighted by Gasteiger charge is -2.15.